The molecule has 1 unspecified atom stereocenters. The van der Waals surface area contributed by atoms with Crippen LogP contribution >= 0.6 is 0 Å². The highest BCUT2D eigenvalue weighted by atomic mass is 32.2. The van der Waals surface area contributed by atoms with E-state index >= 15 is 0 Å². The van der Waals surface area contributed by atoms with E-state index in [-0.39, 0.29) is 28.6 Å². The first-order valence-corrected chi connectivity index (χ1v) is 13.5. The average molecular weight is 491 g/mol. The fourth-order valence-corrected chi connectivity index (χ4v) is 7.03. The lowest BCUT2D eigenvalue weighted by Gasteiger charge is -2.26. The number of hydrogen-bond acceptors (Lipinski definition) is 9. The van der Waals surface area contributed by atoms with E-state index in [0.717, 1.165) is 11.4 Å². The largest absolute Gasteiger partial charge is 0.454 e. The summed E-state index contributed by atoms with van der Waals surface area (Å²) in [5, 5.41) is 0. The lowest BCUT2D eigenvalue weighted by molar-refractivity contribution is -0.153. The molecule has 2 aliphatic heterocycles. The van der Waals surface area contributed by atoms with E-state index < -0.39 is 50.4 Å². The Hall–Kier alpha value is -2.16. The number of carbonyl (C=O) groups is 2. The molecule has 1 saturated heterocycles. The molecule has 1 aromatic rings. The predicted molar refractivity (Wildman–Crippen MR) is 113 cm³/mol. The smallest absolute Gasteiger partial charge is 0.324 e. The second-order valence-electron chi connectivity index (χ2n) is 7.08. The van der Waals surface area contributed by atoms with Gasteiger partial charge in [0.2, 0.25) is 10.0 Å². The first-order valence-electron chi connectivity index (χ1n) is 9.44. The van der Waals surface area contributed by atoms with Crippen LogP contribution in [0.2, 0.25) is 0 Å². The molecule has 0 aliphatic carbocycles. The van der Waals surface area contributed by atoms with Crippen LogP contribution < -0.4 is 4.72 Å². The molecule has 2 aliphatic rings. The van der Waals surface area contributed by atoms with E-state index in [2.05, 4.69) is 13.4 Å². The number of nitrogens with zero attached hydrogens (tertiary/aromatic N) is 3. The van der Waals surface area contributed by atoms with Crippen molar-refractivity contribution in [2.24, 2.45) is 8.73 Å². The zero-order valence-electron chi connectivity index (χ0n) is 16.8. The molecule has 1 N–H and O–H groups in total. The van der Waals surface area contributed by atoms with Crippen molar-refractivity contribution in [3.8, 4) is 0 Å². The molecule has 31 heavy (non-hydrogen) atoms. The number of sulfonamides is 1. The third kappa shape index (κ3) is 5.37. The molecule has 0 saturated carbocycles. The molecule has 2 atom stereocenters. The number of ether oxygens (including phenoxy) is 1. The van der Waals surface area contributed by atoms with Crippen LogP contribution in [0.4, 0.5) is 11.4 Å². The molecule has 170 valence electrons. The Morgan fingerprint density at radius 1 is 1.35 bits per heavy atom. The number of fused-ring (bicyclic) bond motifs is 1. The van der Waals surface area contributed by atoms with Gasteiger partial charge in [0.1, 0.15) is 22.3 Å². The predicted octanol–water partition coefficient (Wildman–Crippen LogP) is 0.659. The Balaban J connectivity index is 1.59. The Bertz CT molecular complexity index is 1170. The Kier molecular flexibility index (Phi) is 6.93. The van der Waals surface area contributed by atoms with Crippen LogP contribution in [0.3, 0.4) is 0 Å². The fourth-order valence-electron chi connectivity index (χ4n) is 3.34. The summed E-state index contributed by atoms with van der Waals surface area (Å²) in [5.41, 5.74) is 0.614. The minimum absolute atomic E-state index is 0.0152. The highest BCUT2D eigenvalue weighted by molar-refractivity contribution is 7.91. The van der Waals surface area contributed by atoms with Gasteiger partial charge in [0.15, 0.2) is 16.4 Å². The van der Waals surface area contributed by atoms with Gasteiger partial charge in [0, 0.05) is 12.6 Å². The van der Waals surface area contributed by atoms with Crippen LogP contribution in [0.5, 0.6) is 0 Å². The molecule has 14 heteroatoms. The van der Waals surface area contributed by atoms with Gasteiger partial charge < -0.3 is 9.64 Å². The maximum Gasteiger partial charge on any atom is 0.324 e. The normalized spacial score (nSPS) is 20.0. The van der Waals surface area contributed by atoms with Crippen LogP contribution in [0.15, 0.2) is 31.8 Å². The summed E-state index contributed by atoms with van der Waals surface area (Å²) in [6.45, 7) is 2.66. The van der Waals surface area contributed by atoms with Gasteiger partial charge >= 0.3 is 5.97 Å². The molecule has 0 radical (unpaired) electrons. The first-order chi connectivity index (χ1) is 14.5. The molecular formula is C17H22N4O7S3. The summed E-state index contributed by atoms with van der Waals surface area (Å²) in [5.74, 6) is -1.57. The average Bonchev–Trinajstić information content (AvgIpc) is 3.32. The number of nitrogens with one attached hydrogen (secondary N) is 1. The highest BCUT2D eigenvalue weighted by Crippen LogP contribution is 2.37. The van der Waals surface area contributed by atoms with E-state index in [4.69, 9.17) is 4.74 Å². The number of hydrogen-bond donors (Lipinski definition) is 1. The summed E-state index contributed by atoms with van der Waals surface area (Å²) in [7, 11) is -7.27. The van der Waals surface area contributed by atoms with Crippen LogP contribution in [-0.2, 0) is 45.5 Å². The van der Waals surface area contributed by atoms with Gasteiger partial charge in [-0.05, 0) is 32.4 Å². The zero-order valence-corrected chi connectivity index (χ0v) is 19.3. The van der Waals surface area contributed by atoms with Crippen molar-refractivity contribution >= 4 is 54.5 Å². The highest BCUT2D eigenvalue weighted by Gasteiger charge is 2.34. The lowest BCUT2D eigenvalue weighted by atomic mass is 10.2. The molecule has 1 amide bonds. The van der Waals surface area contributed by atoms with E-state index in [1.807, 2.05) is 0 Å². The topological polar surface area (TPSA) is 152 Å². The number of benzene rings is 1. The van der Waals surface area contributed by atoms with Crippen LogP contribution in [0.25, 0.3) is 0 Å². The minimum Gasteiger partial charge on any atom is -0.454 e. The Morgan fingerprint density at radius 3 is 2.74 bits per heavy atom. The van der Waals surface area contributed by atoms with Gasteiger partial charge in [0.05, 0.1) is 22.9 Å². The maximum atomic E-state index is 12.7. The van der Waals surface area contributed by atoms with Gasteiger partial charge in [-0.2, -0.15) is 13.4 Å². The third-order valence-corrected chi connectivity index (χ3v) is 8.74. The minimum atomic E-state index is -4.10. The van der Waals surface area contributed by atoms with E-state index in [1.54, 1.807) is 13.0 Å². The van der Waals surface area contributed by atoms with Crippen molar-refractivity contribution in [1.82, 2.24) is 9.62 Å². The molecule has 0 bridgehead atoms. The molecule has 1 fully saturated rings. The van der Waals surface area contributed by atoms with Gasteiger partial charge in [-0.25, -0.2) is 16.8 Å². The summed E-state index contributed by atoms with van der Waals surface area (Å²) < 4.78 is 63.8. The third-order valence-electron chi connectivity index (χ3n) is 4.87. The first kappa shape index (κ1) is 23.5. The number of sulfone groups is 1. The quantitative estimate of drug-likeness (QED) is 0.534. The van der Waals surface area contributed by atoms with E-state index in [0.29, 0.717) is 12.1 Å². The molecule has 0 spiro atoms. The van der Waals surface area contributed by atoms with Gasteiger partial charge in [-0.1, -0.05) is 6.07 Å². The number of carbonyl (C=O) groups excluding carboxylic acids is 2. The Morgan fingerprint density at radius 2 is 2.10 bits per heavy atom. The second kappa shape index (κ2) is 9.14. The van der Waals surface area contributed by atoms with E-state index in [1.165, 1.54) is 24.0 Å². The molecule has 11 nitrogen and oxygen atoms in total. The van der Waals surface area contributed by atoms with Crippen molar-refractivity contribution in [3.05, 3.63) is 18.2 Å². The molecule has 3 rings (SSSR count). The van der Waals surface area contributed by atoms with Crippen molar-refractivity contribution < 1.29 is 31.2 Å². The van der Waals surface area contributed by atoms with Gasteiger partial charge in [-0.15, -0.1) is 0 Å². The fraction of sp³-hybridized carbons (Fsp3) is 0.529. The lowest BCUT2D eigenvalue weighted by Crippen LogP contribution is -2.45. The van der Waals surface area contributed by atoms with Crippen LogP contribution in [0.1, 0.15) is 20.3 Å². The van der Waals surface area contributed by atoms with Crippen molar-refractivity contribution in [2.45, 2.75) is 37.2 Å². The zero-order chi connectivity index (χ0) is 22.8. The second-order valence-corrected chi connectivity index (χ2v) is 11.5. The summed E-state index contributed by atoms with van der Waals surface area (Å²) in [6.07, 6.45) is 0.336. The Labute approximate surface area is 184 Å². The van der Waals surface area contributed by atoms with Gasteiger partial charge in [-0.3, -0.25) is 9.59 Å². The number of rotatable bonds is 8. The van der Waals surface area contributed by atoms with Gasteiger partial charge in [0.25, 0.3) is 5.91 Å². The monoisotopic (exact) mass is 490 g/mol. The standard InChI is InChI=1S/C17H22N4O7S3/c1-3-21(12-7-8-30(24,25)10-12)15(22)9-28-17(23)11(2)20-31(26,27)14-6-4-5-13-16(14)19-29-18-13/h4-6,11-12,20H,3,7-10H2,1-2H3/t11-,12?/m1/s1. The maximum absolute atomic E-state index is 12.7. The van der Waals surface area contributed by atoms with E-state index in [9.17, 15) is 26.4 Å². The number of likely N-dealkylation sites (N-methyl/N-ethyl adjacent to an activating group) is 1. The summed E-state index contributed by atoms with van der Waals surface area (Å²) >= 11 is 0.871. The SMILES string of the molecule is CCN(C(=O)COC(=O)[C@@H](C)NS(=O)(=O)c1cccc2c1N=S=N2)C1CCS(=O)(=O)C1. The van der Waals surface area contributed by atoms with Crippen molar-refractivity contribution in [1.29, 1.82) is 0 Å². The molecule has 1 aromatic carbocycles. The molecule has 0 aromatic heterocycles. The van der Waals surface area contributed by atoms with Crippen LogP contribution in [0, 0.1) is 0 Å². The summed E-state index contributed by atoms with van der Waals surface area (Å²) in [4.78, 5) is 25.9. The molecule has 2 heterocycles. The van der Waals surface area contributed by atoms with Crippen molar-refractivity contribution in [2.75, 3.05) is 24.7 Å². The number of amides is 1. The number of esters is 1. The molecular weight excluding hydrogens is 468 g/mol. The van der Waals surface area contributed by atoms with Crippen molar-refractivity contribution in [3.63, 3.8) is 0 Å². The summed E-state index contributed by atoms with van der Waals surface area (Å²) in [6, 6.07) is 2.77. The van der Waals surface area contributed by atoms with Crippen LogP contribution in [-0.4, -0.2) is 70.4 Å².